The van der Waals surface area contributed by atoms with E-state index < -0.39 is 0 Å². The summed E-state index contributed by atoms with van der Waals surface area (Å²) in [5.41, 5.74) is 4.77. The maximum absolute atomic E-state index is 15.4. The molecule has 6 aliphatic heterocycles. The van der Waals surface area contributed by atoms with Gasteiger partial charge in [-0.3, -0.25) is 19.2 Å². The van der Waals surface area contributed by atoms with Crippen LogP contribution in [0.5, 0.6) is 0 Å². The zero-order chi connectivity index (χ0) is 98.0. The molecule has 6 aliphatic rings. The number of hydrogen-bond acceptors (Lipinski definition) is 14. The van der Waals surface area contributed by atoms with Crippen LogP contribution in [0.4, 0.5) is 0 Å². The summed E-state index contributed by atoms with van der Waals surface area (Å²) in [5, 5.41) is 0. The summed E-state index contributed by atoms with van der Waals surface area (Å²) in [6.45, 7) is 41.8. The van der Waals surface area contributed by atoms with E-state index in [-0.39, 0.29) is 70.2 Å². The van der Waals surface area contributed by atoms with E-state index in [9.17, 15) is 0 Å². The van der Waals surface area contributed by atoms with Gasteiger partial charge in [0.25, 0.3) is 23.6 Å². The molecule has 4 amide bonds. The van der Waals surface area contributed by atoms with Crippen molar-refractivity contribution in [2.75, 3.05) is 26.2 Å². The SMILES string of the molecule is CC1(C)OB(c2ccc(B3OC(C)(C)C(C)(C)O3)s2)OC1(C)C.CCCCCCCCC(CCCCCC)CN1C(=O)C2=C(c3ccc(-c4ccc(C)s4)s3)N(CC(CCCCCC)CCCCCCCC)C(=O)C2=C1c1ccc(C)s1.CCCCCCCCC(CCCCCC)CN1C(=O)C2=C(c3ccc(Br)s3)N(CC(CCCCCC)CCCCCCCC)C(=O)C2=C1c1ccc(Br)s1.[PH2-]. The van der Waals surface area contributed by atoms with E-state index in [4.69, 9.17) is 18.6 Å². The number of thiophene rings is 6. The Bertz CT molecular complexity index is 4600. The summed E-state index contributed by atoms with van der Waals surface area (Å²) in [6.07, 6.45) is 59.6. The van der Waals surface area contributed by atoms with E-state index in [0.29, 0.717) is 72.1 Å². The highest BCUT2D eigenvalue weighted by Crippen LogP contribution is 2.54. The lowest BCUT2D eigenvalue weighted by Crippen LogP contribution is -2.41. The standard InChI is InChI=1S/C52H78N2O2S3.C46H70Br2N2O2S2.C16H26B2O4S.H2P/c1-7-11-15-19-21-25-29-41(27-23-17-13-9-3)37-53-49(45-34-32-40(6)58-45)47-48(52(53)56)50(46-36-35-44(59-46)43-33-31-39(5)57-43)54(51(47)55)38-42(28-24-18-14-10-4)30-26-22-20-16-12-8-2;1-5-9-13-17-19-23-27-35(25-21-15-11-7-3)33-49-43(37-29-31-39(47)53-37)41-42(45(49)51)44(38-30-32-40(48)54-38)50(46(41)52)34-36(26-22-16-12-8-4)28-24-20-18-14-10-6-2;1-13(2)14(3,4)20-17(19-13)11-9-10-12(23-11)18-21-15(5,6)16(7,8)22-18;/h31-36,41-42H,7-30,37-38H2,1-6H3;29-32,35-36H,5-28,33-34H2,1-4H3;9-10H,1-8H3;1H2/q;;;-1. The number of unbranched alkanes of at least 4 members (excludes halogenated alkanes) is 32. The molecule has 6 aromatic heterocycles. The van der Waals surface area contributed by atoms with Crippen molar-refractivity contribution in [1.82, 2.24) is 19.6 Å². The molecule has 762 valence electrons. The molecule has 12 heterocycles. The Kier molecular flexibility index (Phi) is 50.6. The molecular formula is C114H176B2Br2N4O8PS6-. The number of rotatable bonds is 63. The molecule has 2 fully saturated rings. The topological polar surface area (TPSA) is 118 Å². The van der Waals surface area contributed by atoms with Gasteiger partial charge < -0.3 is 48.1 Å². The van der Waals surface area contributed by atoms with Gasteiger partial charge in [0.05, 0.1) is 94.6 Å². The quantitative estimate of drug-likeness (QED) is 0.0210. The summed E-state index contributed by atoms with van der Waals surface area (Å²) in [6, 6.07) is 25.6. The molecule has 4 atom stereocenters. The summed E-state index contributed by atoms with van der Waals surface area (Å²) in [7, 11) is -0.664. The molecular weight excluding hydrogens is 1960 g/mol. The Balaban J connectivity index is 0.000000248. The number of fused-ring (bicyclic) bond motifs is 2. The predicted molar refractivity (Wildman–Crippen MR) is 606 cm³/mol. The minimum Gasteiger partial charge on any atom is -0.577 e. The van der Waals surface area contributed by atoms with Crippen LogP contribution in [-0.4, -0.2) is 106 Å². The molecule has 12 rings (SSSR count). The van der Waals surface area contributed by atoms with Gasteiger partial charge in [-0.15, -0.1) is 56.7 Å². The second-order valence-electron chi connectivity index (χ2n) is 42.3. The smallest absolute Gasteiger partial charge is 0.505 e. The minimum atomic E-state index is -0.332. The molecule has 0 aromatic carbocycles. The Morgan fingerprint density at radius 1 is 0.263 bits per heavy atom. The molecule has 6 aromatic rings. The summed E-state index contributed by atoms with van der Waals surface area (Å²) in [5.74, 6) is 1.83. The van der Waals surface area contributed by atoms with Crippen LogP contribution in [-0.2, 0) is 37.8 Å². The van der Waals surface area contributed by atoms with Gasteiger partial charge in [-0.1, -0.05) is 324 Å². The third-order valence-electron chi connectivity index (χ3n) is 29.9. The predicted octanol–water partition coefficient (Wildman–Crippen LogP) is 35.1. The summed E-state index contributed by atoms with van der Waals surface area (Å²) < 4.78 is 28.6. The Hall–Kier alpha value is -3.60. The number of amides is 4. The molecule has 0 aliphatic carbocycles. The maximum atomic E-state index is 15.4. The normalized spacial score (nSPS) is 17.5. The zero-order valence-electron chi connectivity index (χ0n) is 88.0. The maximum Gasteiger partial charge on any atom is 0.505 e. The summed E-state index contributed by atoms with van der Waals surface area (Å²) >= 11 is 17.6. The van der Waals surface area contributed by atoms with Gasteiger partial charge in [0, 0.05) is 55.2 Å². The van der Waals surface area contributed by atoms with Crippen molar-refractivity contribution in [2.24, 2.45) is 23.7 Å². The van der Waals surface area contributed by atoms with Crippen molar-refractivity contribution in [2.45, 2.75) is 455 Å². The molecule has 0 radical (unpaired) electrons. The highest BCUT2D eigenvalue weighted by Gasteiger charge is 2.56. The van der Waals surface area contributed by atoms with Crippen LogP contribution in [0, 0.1) is 37.5 Å². The molecule has 2 saturated heterocycles. The van der Waals surface area contributed by atoms with Crippen molar-refractivity contribution in [1.29, 1.82) is 0 Å². The van der Waals surface area contributed by atoms with Gasteiger partial charge in [0.15, 0.2) is 0 Å². The first-order valence-electron chi connectivity index (χ1n) is 54.3. The van der Waals surface area contributed by atoms with Crippen molar-refractivity contribution >= 4 is 180 Å². The molecule has 12 nitrogen and oxygen atoms in total. The van der Waals surface area contributed by atoms with Gasteiger partial charge in [0.2, 0.25) is 0 Å². The molecule has 0 bridgehead atoms. The molecule has 23 heteroatoms. The highest BCUT2D eigenvalue weighted by atomic mass is 79.9. The van der Waals surface area contributed by atoms with Crippen molar-refractivity contribution in [3.05, 3.63) is 132 Å². The third-order valence-corrected chi connectivity index (χ3v) is 37.6. The number of carbonyl (C=O) groups is 4. The first-order valence-corrected chi connectivity index (χ1v) is 60.8. The third kappa shape index (κ3) is 33.2. The fraction of sp³-hybridized carbons (Fsp3) is 0.684. The van der Waals surface area contributed by atoms with Gasteiger partial charge in [-0.25, -0.2) is 0 Å². The number of halogens is 2. The van der Waals surface area contributed by atoms with Crippen LogP contribution >= 0.6 is 110 Å². The van der Waals surface area contributed by atoms with E-state index in [1.165, 1.54) is 276 Å². The van der Waals surface area contributed by atoms with E-state index in [2.05, 4.69) is 227 Å². The molecule has 4 unspecified atom stereocenters. The number of hydrogen-bond donors (Lipinski definition) is 0. The van der Waals surface area contributed by atoms with Crippen molar-refractivity contribution in [3.63, 3.8) is 0 Å². The molecule has 0 N–H and O–H groups in total. The lowest BCUT2D eigenvalue weighted by Gasteiger charge is -2.32. The minimum absolute atomic E-state index is 0. The molecule has 0 saturated carbocycles. The first-order chi connectivity index (χ1) is 65.5. The Labute approximate surface area is 876 Å². The average Bonchev–Trinajstić information content (AvgIpc) is 1.30. The lowest BCUT2D eigenvalue weighted by atomic mass is 9.86. The Morgan fingerprint density at radius 3 is 0.693 bits per heavy atom. The average molecular weight is 2140 g/mol. The van der Waals surface area contributed by atoms with Crippen LogP contribution in [0.1, 0.15) is 448 Å². The van der Waals surface area contributed by atoms with Crippen molar-refractivity contribution < 1.29 is 37.8 Å². The van der Waals surface area contributed by atoms with Crippen LogP contribution < -0.4 is 9.55 Å². The zero-order valence-corrected chi connectivity index (χ0v) is 97.2. The second-order valence-corrected chi connectivity index (χ2v) is 52.0. The van der Waals surface area contributed by atoms with Crippen LogP contribution in [0.25, 0.3) is 32.5 Å². The molecule has 0 spiro atoms. The van der Waals surface area contributed by atoms with E-state index >= 15 is 19.2 Å². The number of carbonyl (C=O) groups excluding carboxylic acids is 4. The fourth-order valence-corrected chi connectivity index (χ4v) is 27.1. The Morgan fingerprint density at radius 2 is 0.460 bits per heavy atom. The largest absolute Gasteiger partial charge is 0.577 e. The van der Waals surface area contributed by atoms with Gasteiger partial charge >= 0.3 is 14.2 Å². The van der Waals surface area contributed by atoms with Crippen LogP contribution in [0.15, 0.2) is 103 Å². The first kappa shape index (κ1) is 117. The van der Waals surface area contributed by atoms with Crippen molar-refractivity contribution in [3.8, 4) is 9.75 Å². The lowest BCUT2D eigenvalue weighted by molar-refractivity contribution is -0.124. The van der Waals surface area contributed by atoms with E-state index in [1.807, 2.05) is 33.3 Å². The fourth-order valence-electron chi connectivity index (χ4n) is 20.3. The second kappa shape index (κ2) is 59.3. The highest BCUT2D eigenvalue weighted by molar-refractivity contribution is 9.11. The number of aryl methyl sites for hydroxylation is 2. The van der Waals surface area contributed by atoms with E-state index in [1.54, 1.807) is 56.7 Å². The van der Waals surface area contributed by atoms with Gasteiger partial charge in [0.1, 0.15) is 0 Å². The van der Waals surface area contributed by atoms with Crippen LogP contribution in [0.3, 0.4) is 0 Å². The monoisotopic (exact) mass is 2130 g/mol. The van der Waals surface area contributed by atoms with Gasteiger partial charge in [-0.2, -0.15) is 11.3 Å². The van der Waals surface area contributed by atoms with Crippen LogP contribution in [0.2, 0.25) is 0 Å². The number of nitrogens with zero attached hydrogens (tertiary/aromatic N) is 4. The molecule has 137 heavy (non-hydrogen) atoms. The summed E-state index contributed by atoms with van der Waals surface area (Å²) in [4.78, 5) is 78.3. The van der Waals surface area contributed by atoms with Gasteiger partial charge in [-0.05, 0) is 237 Å². The van der Waals surface area contributed by atoms with E-state index in [0.717, 1.165) is 111 Å².